The standard InChI is InChI=1S/C12H15F2NO2/c1-2-3-8-15-11(16)9-4-6-10(7-5-9)17-12(13)14/h4-7,12H,2-3,8H2,1H3,(H,15,16). The Morgan fingerprint density at radius 3 is 2.53 bits per heavy atom. The molecule has 0 fully saturated rings. The molecule has 94 valence electrons. The van der Waals surface area contributed by atoms with Crippen LogP contribution in [0.2, 0.25) is 0 Å². The van der Waals surface area contributed by atoms with Gasteiger partial charge in [0.15, 0.2) is 0 Å². The number of benzene rings is 1. The zero-order valence-corrected chi connectivity index (χ0v) is 9.58. The Hall–Kier alpha value is -1.65. The number of amides is 1. The molecule has 0 aliphatic carbocycles. The molecule has 0 aliphatic heterocycles. The van der Waals surface area contributed by atoms with Crippen LogP contribution in [0.1, 0.15) is 30.1 Å². The van der Waals surface area contributed by atoms with Crippen molar-refractivity contribution >= 4 is 5.91 Å². The molecule has 1 aromatic carbocycles. The summed E-state index contributed by atoms with van der Waals surface area (Å²) in [5, 5.41) is 2.73. The second kappa shape index (κ2) is 6.83. The van der Waals surface area contributed by atoms with Crippen molar-refractivity contribution in [3.63, 3.8) is 0 Å². The van der Waals surface area contributed by atoms with Gasteiger partial charge >= 0.3 is 6.61 Å². The van der Waals surface area contributed by atoms with Gasteiger partial charge in [0, 0.05) is 12.1 Å². The maximum atomic E-state index is 11.9. The zero-order valence-electron chi connectivity index (χ0n) is 9.58. The van der Waals surface area contributed by atoms with Crippen molar-refractivity contribution in [2.75, 3.05) is 6.54 Å². The van der Waals surface area contributed by atoms with E-state index in [1.165, 1.54) is 24.3 Å². The van der Waals surface area contributed by atoms with Crippen LogP contribution in [-0.4, -0.2) is 19.1 Å². The van der Waals surface area contributed by atoms with Crippen LogP contribution in [0.5, 0.6) is 5.75 Å². The lowest BCUT2D eigenvalue weighted by atomic mass is 10.2. The number of carbonyl (C=O) groups excluding carboxylic acids is 1. The summed E-state index contributed by atoms with van der Waals surface area (Å²) in [7, 11) is 0. The highest BCUT2D eigenvalue weighted by atomic mass is 19.3. The second-order valence-electron chi connectivity index (χ2n) is 3.51. The largest absolute Gasteiger partial charge is 0.435 e. The van der Waals surface area contributed by atoms with Gasteiger partial charge in [-0.15, -0.1) is 0 Å². The van der Waals surface area contributed by atoms with Crippen molar-refractivity contribution in [2.24, 2.45) is 0 Å². The lowest BCUT2D eigenvalue weighted by Crippen LogP contribution is -2.24. The second-order valence-corrected chi connectivity index (χ2v) is 3.51. The molecule has 0 spiro atoms. The highest BCUT2D eigenvalue weighted by Gasteiger charge is 2.07. The molecule has 1 N–H and O–H groups in total. The number of halogens is 2. The fourth-order valence-electron chi connectivity index (χ4n) is 1.27. The van der Waals surface area contributed by atoms with Crippen LogP contribution in [0.3, 0.4) is 0 Å². The molecule has 0 aliphatic rings. The van der Waals surface area contributed by atoms with E-state index in [4.69, 9.17) is 0 Å². The minimum Gasteiger partial charge on any atom is -0.435 e. The van der Waals surface area contributed by atoms with E-state index in [1.54, 1.807) is 0 Å². The molecule has 0 saturated heterocycles. The van der Waals surface area contributed by atoms with E-state index in [0.717, 1.165) is 12.8 Å². The average molecular weight is 243 g/mol. The third kappa shape index (κ3) is 4.80. The number of alkyl halides is 2. The third-order valence-corrected chi connectivity index (χ3v) is 2.16. The van der Waals surface area contributed by atoms with E-state index in [1.807, 2.05) is 6.92 Å². The molecule has 1 rings (SSSR count). The van der Waals surface area contributed by atoms with Gasteiger partial charge in [-0.2, -0.15) is 8.78 Å². The lowest BCUT2D eigenvalue weighted by Gasteiger charge is -2.06. The van der Waals surface area contributed by atoms with Gasteiger partial charge < -0.3 is 10.1 Å². The molecule has 1 aromatic rings. The topological polar surface area (TPSA) is 38.3 Å². The maximum Gasteiger partial charge on any atom is 0.387 e. The minimum absolute atomic E-state index is 0.0464. The first-order valence-electron chi connectivity index (χ1n) is 5.46. The Morgan fingerprint density at radius 1 is 1.35 bits per heavy atom. The fraction of sp³-hybridized carbons (Fsp3) is 0.417. The van der Waals surface area contributed by atoms with Crippen LogP contribution >= 0.6 is 0 Å². The van der Waals surface area contributed by atoms with Crippen LogP contribution in [0, 0.1) is 0 Å². The van der Waals surface area contributed by atoms with Crippen molar-refractivity contribution < 1.29 is 18.3 Å². The van der Waals surface area contributed by atoms with E-state index in [-0.39, 0.29) is 11.7 Å². The predicted octanol–water partition coefficient (Wildman–Crippen LogP) is 2.82. The number of hydrogen-bond donors (Lipinski definition) is 1. The molecule has 0 atom stereocenters. The molecule has 17 heavy (non-hydrogen) atoms. The monoisotopic (exact) mass is 243 g/mol. The number of ether oxygens (including phenoxy) is 1. The summed E-state index contributed by atoms with van der Waals surface area (Å²) in [6, 6.07) is 5.61. The first kappa shape index (κ1) is 13.4. The molecule has 0 aromatic heterocycles. The normalized spacial score (nSPS) is 10.4. The summed E-state index contributed by atoms with van der Waals surface area (Å²) < 4.78 is 27.9. The third-order valence-electron chi connectivity index (χ3n) is 2.16. The van der Waals surface area contributed by atoms with Gasteiger partial charge in [-0.25, -0.2) is 0 Å². The molecule has 1 amide bonds. The Bertz CT molecular complexity index is 352. The summed E-state index contributed by atoms with van der Waals surface area (Å²) in [4.78, 5) is 11.6. The minimum atomic E-state index is -2.85. The highest BCUT2D eigenvalue weighted by molar-refractivity contribution is 5.94. The van der Waals surface area contributed by atoms with E-state index in [9.17, 15) is 13.6 Å². The van der Waals surface area contributed by atoms with Crippen LogP contribution in [0.25, 0.3) is 0 Å². The molecular formula is C12H15F2NO2. The van der Waals surface area contributed by atoms with Crippen molar-refractivity contribution in [1.82, 2.24) is 5.32 Å². The van der Waals surface area contributed by atoms with Crippen LogP contribution in [-0.2, 0) is 0 Å². The van der Waals surface area contributed by atoms with Gasteiger partial charge in [-0.05, 0) is 30.7 Å². The Labute approximate surface area is 98.8 Å². The fourth-order valence-corrected chi connectivity index (χ4v) is 1.27. The first-order valence-corrected chi connectivity index (χ1v) is 5.46. The molecule has 0 unspecified atom stereocenters. The average Bonchev–Trinajstić information content (AvgIpc) is 2.29. The molecule has 3 nitrogen and oxygen atoms in total. The van der Waals surface area contributed by atoms with Crippen molar-refractivity contribution in [3.8, 4) is 5.75 Å². The predicted molar refractivity (Wildman–Crippen MR) is 60.3 cm³/mol. The number of hydrogen-bond acceptors (Lipinski definition) is 2. The SMILES string of the molecule is CCCCNC(=O)c1ccc(OC(F)F)cc1. The van der Waals surface area contributed by atoms with Crippen LogP contribution in [0.15, 0.2) is 24.3 Å². The summed E-state index contributed by atoms with van der Waals surface area (Å²) in [5.74, 6) is -0.160. The number of unbranched alkanes of at least 4 members (excludes halogenated alkanes) is 1. The van der Waals surface area contributed by atoms with Gasteiger partial charge in [-0.1, -0.05) is 13.3 Å². The van der Waals surface area contributed by atoms with Crippen LogP contribution in [0.4, 0.5) is 8.78 Å². The maximum absolute atomic E-state index is 11.9. The number of nitrogens with one attached hydrogen (secondary N) is 1. The molecule has 5 heteroatoms. The smallest absolute Gasteiger partial charge is 0.387 e. The molecular weight excluding hydrogens is 228 g/mol. The molecule has 0 bridgehead atoms. The zero-order chi connectivity index (χ0) is 12.7. The molecule has 0 radical (unpaired) electrons. The Kier molecular flexibility index (Phi) is 5.39. The van der Waals surface area contributed by atoms with E-state index in [2.05, 4.69) is 10.1 Å². The van der Waals surface area contributed by atoms with Crippen molar-refractivity contribution in [2.45, 2.75) is 26.4 Å². The van der Waals surface area contributed by atoms with E-state index >= 15 is 0 Å². The Balaban J connectivity index is 2.52. The van der Waals surface area contributed by atoms with E-state index < -0.39 is 6.61 Å². The quantitative estimate of drug-likeness (QED) is 0.780. The number of carbonyl (C=O) groups is 1. The van der Waals surface area contributed by atoms with Gasteiger partial charge in [-0.3, -0.25) is 4.79 Å². The molecule has 0 heterocycles. The van der Waals surface area contributed by atoms with Crippen molar-refractivity contribution in [3.05, 3.63) is 29.8 Å². The van der Waals surface area contributed by atoms with E-state index in [0.29, 0.717) is 12.1 Å². The summed E-state index contributed by atoms with van der Waals surface area (Å²) in [6.07, 6.45) is 1.92. The summed E-state index contributed by atoms with van der Waals surface area (Å²) >= 11 is 0. The van der Waals surface area contributed by atoms with Crippen molar-refractivity contribution in [1.29, 1.82) is 0 Å². The highest BCUT2D eigenvalue weighted by Crippen LogP contribution is 2.14. The Morgan fingerprint density at radius 2 is 2.00 bits per heavy atom. The van der Waals surface area contributed by atoms with Crippen LogP contribution < -0.4 is 10.1 Å². The van der Waals surface area contributed by atoms with Gasteiger partial charge in [0.2, 0.25) is 0 Å². The van der Waals surface area contributed by atoms with Gasteiger partial charge in [0.1, 0.15) is 5.75 Å². The first-order chi connectivity index (χ1) is 8.13. The molecule has 0 saturated carbocycles. The lowest BCUT2D eigenvalue weighted by molar-refractivity contribution is -0.0498. The number of rotatable bonds is 6. The van der Waals surface area contributed by atoms with Gasteiger partial charge in [0.25, 0.3) is 5.91 Å². The van der Waals surface area contributed by atoms with Gasteiger partial charge in [0.05, 0.1) is 0 Å². The summed E-state index contributed by atoms with van der Waals surface area (Å²) in [6.45, 7) is -0.202. The summed E-state index contributed by atoms with van der Waals surface area (Å²) in [5.41, 5.74) is 0.433.